The van der Waals surface area contributed by atoms with Gasteiger partial charge in [0.25, 0.3) is 0 Å². The normalized spacial score (nSPS) is 14.0. The second-order valence-electron chi connectivity index (χ2n) is 5.64. The van der Waals surface area contributed by atoms with Gasteiger partial charge in [-0.1, -0.05) is 48.8 Å². The Balaban J connectivity index is 5.12. The minimum atomic E-state index is -0.398. The van der Waals surface area contributed by atoms with Crippen molar-refractivity contribution in [1.82, 2.24) is 0 Å². The SMILES string of the molecule is C#CC(C)(C)/C=C(S)\C(=C/C/C=C(\C)C(=C)CC)CCF. The molecule has 0 aliphatic heterocycles. The van der Waals surface area contributed by atoms with Gasteiger partial charge in [0, 0.05) is 16.7 Å². The molecular weight excluding hydrogens is 279 g/mol. The number of allylic oxidation sites excluding steroid dienone is 6. The van der Waals surface area contributed by atoms with E-state index in [0.29, 0.717) is 6.42 Å². The molecule has 0 unspecified atom stereocenters. The van der Waals surface area contributed by atoms with Crippen LogP contribution in [0, 0.1) is 17.8 Å². The van der Waals surface area contributed by atoms with Crippen molar-refractivity contribution in [3.8, 4) is 12.3 Å². The van der Waals surface area contributed by atoms with E-state index in [-0.39, 0.29) is 5.41 Å². The molecule has 0 aromatic heterocycles. The van der Waals surface area contributed by atoms with Gasteiger partial charge in [-0.2, -0.15) is 0 Å². The average Bonchev–Trinajstić information content (AvgIpc) is 2.44. The van der Waals surface area contributed by atoms with E-state index in [0.717, 1.165) is 28.9 Å². The fourth-order valence-electron chi connectivity index (χ4n) is 1.71. The van der Waals surface area contributed by atoms with Crippen LogP contribution in [0.15, 0.2) is 46.4 Å². The van der Waals surface area contributed by atoms with Gasteiger partial charge in [-0.25, -0.2) is 0 Å². The molecule has 0 aliphatic carbocycles. The van der Waals surface area contributed by atoms with Crippen LogP contribution in [-0.2, 0) is 0 Å². The summed E-state index contributed by atoms with van der Waals surface area (Å²) in [7, 11) is 0. The van der Waals surface area contributed by atoms with E-state index in [2.05, 4.69) is 38.1 Å². The van der Waals surface area contributed by atoms with Crippen molar-refractivity contribution >= 4 is 12.6 Å². The van der Waals surface area contributed by atoms with Crippen molar-refractivity contribution in [2.45, 2.75) is 47.0 Å². The fourth-order valence-corrected chi connectivity index (χ4v) is 2.24. The summed E-state index contributed by atoms with van der Waals surface area (Å²) in [6.07, 6.45) is 13.5. The van der Waals surface area contributed by atoms with Gasteiger partial charge in [0.15, 0.2) is 0 Å². The van der Waals surface area contributed by atoms with Gasteiger partial charge < -0.3 is 0 Å². The van der Waals surface area contributed by atoms with E-state index in [1.807, 2.05) is 32.9 Å². The van der Waals surface area contributed by atoms with Crippen LogP contribution < -0.4 is 0 Å². The highest BCUT2D eigenvalue weighted by molar-refractivity contribution is 7.84. The number of hydrogen-bond donors (Lipinski definition) is 1. The Hall–Kier alpha value is -1.20. The second-order valence-corrected chi connectivity index (χ2v) is 6.13. The molecule has 0 aromatic rings. The molecule has 0 saturated heterocycles. The van der Waals surface area contributed by atoms with Crippen molar-refractivity contribution in [2.75, 3.05) is 6.67 Å². The number of terminal acetylenes is 1. The fraction of sp³-hybridized carbons (Fsp3) is 0.474. The number of halogens is 1. The largest absolute Gasteiger partial charge is 0.251 e. The monoisotopic (exact) mass is 306 g/mol. The zero-order valence-corrected chi connectivity index (χ0v) is 14.6. The quantitative estimate of drug-likeness (QED) is 0.315. The Morgan fingerprint density at radius 2 is 2.00 bits per heavy atom. The Kier molecular flexibility index (Phi) is 9.13. The summed E-state index contributed by atoms with van der Waals surface area (Å²) in [5.74, 6) is 2.70. The van der Waals surface area contributed by atoms with Gasteiger partial charge in [0.2, 0.25) is 0 Å². The lowest BCUT2D eigenvalue weighted by molar-refractivity contribution is 0.495. The Bertz CT molecular complexity index is 484. The van der Waals surface area contributed by atoms with Crippen LogP contribution in [0.25, 0.3) is 0 Å². The molecule has 0 bridgehead atoms. The molecule has 0 aliphatic rings. The van der Waals surface area contributed by atoms with Crippen molar-refractivity contribution in [1.29, 1.82) is 0 Å². The molecule has 0 saturated carbocycles. The maximum atomic E-state index is 12.7. The first-order chi connectivity index (χ1) is 9.77. The topological polar surface area (TPSA) is 0 Å². The third kappa shape index (κ3) is 7.97. The van der Waals surface area contributed by atoms with E-state index in [1.165, 1.54) is 5.57 Å². The highest BCUT2D eigenvalue weighted by Gasteiger charge is 2.12. The summed E-state index contributed by atoms with van der Waals surface area (Å²) in [4.78, 5) is 0.760. The van der Waals surface area contributed by atoms with E-state index >= 15 is 0 Å². The second kappa shape index (κ2) is 9.68. The molecule has 0 aromatic carbocycles. The highest BCUT2D eigenvalue weighted by atomic mass is 32.1. The summed E-state index contributed by atoms with van der Waals surface area (Å²) in [5.41, 5.74) is 2.83. The van der Waals surface area contributed by atoms with E-state index in [1.54, 1.807) is 0 Å². The standard InChI is InChI=1S/C19H27FS/c1-7-15(3)16(4)10-9-11-17(12-13-20)18(21)14-19(5,6)8-2/h2,10-11,14,21H,3,7,9,12-13H2,1,4-6H3/b16-10+,17-11-,18-14+. The van der Waals surface area contributed by atoms with Crippen molar-refractivity contribution in [3.63, 3.8) is 0 Å². The van der Waals surface area contributed by atoms with E-state index in [9.17, 15) is 4.39 Å². The highest BCUT2D eigenvalue weighted by Crippen LogP contribution is 2.26. The van der Waals surface area contributed by atoms with Crippen molar-refractivity contribution < 1.29 is 4.39 Å². The first kappa shape index (κ1) is 19.8. The van der Waals surface area contributed by atoms with Crippen LogP contribution in [-0.4, -0.2) is 6.67 Å². The molecule has 0 fully saturated rings. The zero-order valence-electron chi connectivity index (χ0n) is 13.7. The summed E-state index contributed by atoms with van der Waals surface area (Å²) in [6.45, 7) is 11.6. The molecule has 21 heavy (non-hydrogen) atoms. The molecule has 0 heterocycles. The van der Waals surface area contributed by atoms with Gasteiger partial charge in [-0.05, 0) is 39.2 Å². The van der Waals surface area contributed by atoms with Crippen LogP contribution in [0.1, 0.15) is 47.0 Å². The minimum absolute atomic E-state index is 0.359. The van der Waals surface area contributed by atoms with Crippen molar-refractivity contribution in [2.24, 2.45) is 5.41 Å². The lowest BCUT2D eigenvalue weighted by Gasteiger charge is -2.14. The Labute approximate surface area is 135 Å². The van der Waals surface area contributed by atoms with Crippen LogP contribution in [0.3, 0.4) is 0 Å². The summed E-state index contributed by atoms with van der Waals surface area (Å²) < 4.78 is 12.7. The molecule has 0 rings (SSSR count). The molecule has 0 nitrogen and oxygen atoms in total. The van der Waals surface area contributed by atoms with Crippen LogP contribution >= 0.6 is 12.6 Å². The smallest absolute Gasteiger partial charge is 0.0935 e. The van der Waals surface area contributed by atoms with Crippen LogP contribution in [0.4, 0.5) is 4.39 Å². The molecule has 0 atom stereocenters. The van der Waals surface area contributed by atoms with Gasteiger partial charge in [0.1, 0.15) is 0 Å². The molecule has 0 amide bonds. The minimum Gasteiger partial charge on any atom is -0.251 e. The lowest BCUT2D eigenvalue weighted by Crippen LogP contribution is -2.04. The third-order valence-electron chi connectivity index (χ3n) is 3.34. The zero-order chi connectivity index (χ0) is 16.5. The summed E-state index contributed by atoms with van der Waals surface area (Å²) in [6, 6.07) is 0. The average molecular weight is 306 g/mol. The van der Waals surface area contributed by atoms with E-state index in [4.69, 9.17) is 6.42 Å². The Morgan fingerprint density at radius 1 is 1.38 bits per heavy atom. The maximum Gasteiger partial charge on any atom is 0.0935 e. The summed E-state index contributed by atoms with van der Waals surface area (Å²) in [5, 5.41) is 0. The molecule has 116 valence electrons. The number of rotatable bonds is 8. The first-order valence-corrected chi connectivity index (χ1v) is 7.72. The number of alkyl halides is 1. The number of thiol groups is 1. The van der Waals surface area contributed by atoms with Gasteiger partial charge in [-0.15, -0.1) is 19.1 Å². The lowest BCUT2D eigenvalue weighted by atomic mass is 9.93. The summed E-state index contributed by atoms with van der Waals surface area (Å²) >= 11 is 4.48. The van der Waals surface area contributed by atoms with E-state index < -0.39 is 6.67 Å². The predicted octanol–water partition coefficient (Wildman–Crippen LogP) is 6.05. The predicted molar refractivity (Wildman–Crippen MR) is 96.2 cm³/mol. The first-order valence-electron chi connectivity index (χ1n) is 7.27. The van der Waals surface area contributed by atoms with Gasteiger partial charge >= 0.3 is 0 Å². The Morgan fingerprint density at radius 3 is 2.48 bits per heavy atom. The number of hydrogen-bond acceptors (Lipinski definition) is 1. The van der Waals surface area contributed by atoms with Gasteiger partial charge in [-0.3, -0.25) is 4.39 Å². The molecule has 0 N–H and O–H groups in total. The molecule has 0 radical (unpaired) electrons. The molecular formula is C19H27FS. The molecule has 2 heteroatoms. The third-order valence-corrected chi connectivity index (χ3v) is 3.75. The van der Waals surface area contributed by atoms with Crippen LogP contribution in [0.2, 0.25) is 0 Å². The maximum absolute atomic E-state index is 12.7. The molecule has 0 spiro atoms. The van der Waals surface area contributed by atoms with Crippen LogP contribution in [0.5, 0.6) is 0 Å². The van der Waals surface area contributed by atoms with Gasteiger partial charge in [0.05, 0.1) is 6.67 Å². The van der Waals surface area contributed by atoms with Crippen molar-refractivity contribution in [3.05, 3.63) is 46.4 Å².